The van der Waals surface area contributed by atoms with E-state index in [1.54, 1.807) is 0 Å². The molecule has 0 nitrogen and oxygen atoms in total. The van der Waals surface area contributed by atoms with Crippen molar-refractivity contribution in [2.45, 2.75) is 63.7 Å². The molecule has 2 aromatic rings. The summed E-state index contributed by atoms with van der Waals surface area (Å²) < 4.78 is 0. The molecule has 0 heterocycles. The molecule has 130 valence electrons. The van der Waals surface area contributed by atoms with Gasteiger partial charge in [0.25, 0.3) is 0 Å². The van der Waals surface area contributed by atoms with E-state index < -0.39 is 0 Å². The van der Waals surface area contributed by atoms with Crippen molar-refractivity contribution in [3.05, 3.63) is 71.8 Å². The third-order valence-electron chi connectivity index (χ3n) is 5.09. The van der Waals surface area contributed by atoms with Crippen LogP contribution in [0.3, 0.4) is 0 Å². The first-order valence-electron chi connectivity index (χ1n) is 9.50. The predicted octanol–water partition coefficient (Wildman–Crippen LogP) is 7.35. The Morgan fingerprint density at radius 2 is 1.12 bits per heavy atom. The standard InChI is InChI=1S/C23H31Cl/c1-2-3-4-5-6-7-14-19-23(20-24,21-15-10-8-11-16-21)22-17-12-9-13-18-22/h8-13,15-18H,2-7,14,19-20H2,1H3. The molecule has 0 aliphatic carbocycles. The molecule has 0 aliphatic rings. The van der Waals surface area contributed by atoms with E-state index >= 15 is 0 Å². The van der Waals surface area contributed by atoms with Crippen molar-refractivity contribution in [3.8, 4) is 0 Å². The fraction of sp³-hybridized carbons (Fsp3) is 0.478. The second-order valence-electron chi connectivity index (χ2n) is 6.82. The molecule has 0 saturated heterocycles. The Balaban J connectivity index is 2.06. The van der Waals surface area contributed by atoms with E-state index in [4.69, 9.17) is 11.6 Å². The summed E-state index contributed by atoms with van der Waals surface area (Å²) in [5.41, 5.74) is 2.63. The molecule has 1 heteroatoms. The Morgan fingerprint density at radius 3 is 1.58 bits per heavy atom. The van der Waals surface area contributed by atoms with Crippen LogP contribution in [0.25, 0.3) is 0 Å². The molecular formula is C23H31Cl. The van der Waals surface area contributed by atoms with Crippen LogP contribution in [0.1, 0.15) is 69.4 Å². The van der Waals surface area contributed by atoms with Crippen LogP contribution in [0.5, 0.6) is 0 Å². The first kappa shape index (κ1) is 19.1. The van der Waals surface area contributed by atoms with Crippen molar-refractivity contribution in [3.63, 3.8) is 0 Å². The van der Waals surface area contributed by atoms with Gasteiger partial charge in [-0.15, -0.1) is 11.6 Å². The van der Waals surface area contributed by atoms with Crippen molar-refractivity contribution >= 4 is 11.6 Å². The van der Waals surface area contributed by atoms with Gasteiger partial charge in [-0.1, -0.05) is 113 Å². The van der Waals surface area contributed by atoms with Gasteiger partial charge in [-0.05, 0) is 17.5 Å². The maximum Gasteiger partial charge on any atom is 0.0361 e. The third-order valence-corrected chi connectivity index (χ3v) is 5.54. The van der Waals surface area contributed by atoms with Gasteiger partial charge in [-0.2, -0.15) is 0 Å². The molecule has 0 saturated carbocycles. The van der Waals surface area contributed by atoms with Crippen molar-refractivity contribution < 1.29 is 0 Å². The Kier molecular flexibility index (Phi) is 8.39. The highest BCUT2D eigenvalue weighted by Gasteiger charge is 2.32. The quantitative estimate of drug-likeness (QED) is 0.295. The summed E-state index contributed by atoms with van der Waals surface area (Å²) in [5, 5.41) is 0. The average Bonchev–Trinajstić information content (AvgIpc) is 2.66. The summed E-state index contributed by atoms with van der Waals surface area (Å²) >= 11 is 6.57. The highest BCUT2D eigenvalue weighted by Crippen LogP contribution is 2.38. The summed E-state index contributed by atoms with van der Waals surface area (Å²) in [6.45, 7) is 2.27. The Hall–Kier alpha value is -1.27. The van der Waals surface area contributed by atoms with Gasteiger partial charge >= 0.3 is 0 Å². The lowest BCUT2D eigenvalue weighted by Gasteiger charge is -2.33. The van der Waals surface area contributed by atoms with Gasteiger partial charge in [0.1, 0.15) is 0 Å². The normalized spacial score (nSPS) is 11.6. The minimum Gasteiger partial charge on any atom is -0.125 e. The molecule has 0 aliphatic heterocycles. The van der Waals surface area contributed by atoms with E-state index in [1.165, 1.54) is 56.1 Å². The fourth-order valence-corrected chi connectivity index (χ4v) is 4.02. The number of benzene rings is 2. The lowest BCUT2D eigenvalue weighted by molar-refractivity contribution is 0.475. The summed E-state index contributed by atoms with van der Waals surface area (Å²) in [5.74, 6) is 0.636. The van der Waals surface area contributed by atoms with E-state index in [1.807, 2.05) is 0 Å². The predicted molar refractivity (Wildman–Crippen MR) is 107 cm³/mol. The third kappa shape index (κ3) is 5.11. The number of unbranched alkanes of at least 4 members (excludes halogenated alkanes) is 6. The largest absolute Gasteiger partial charge is 0.125 e. The molecule has 2 aromatic carbocycles. The minimum atomic E-state index is -0.0620. The molecule has 0 spiro atoms. The van der Waals surface area contributed by atoms with Crippen LogP contribution in [-0.4, -0.2) is 5.88 Å². The molecule has 0 amide bonds. The zero-order chi connectivity index (χ0) is 17.1. The lowest BCUT2D eigenvalue weighted by Crippen LogP contribution is -2.30. The van der Waals surface area contributed by atoms with Gasteiger partial charge in [0.05, 0.1) is 0 Å². The minimum absolute atomic E-state index is 0.0620. The molecule has 0 radical (unpaired) electrons. The topological polar surface area (TPSA) is 0 Å². The molecule has 0 unspecified atom stereocenters. The summed E-state index contributed by atoms with van der Waals surface area (Å²) in [6.07, 6.45) is 10.5. The van der Waals surface area contributed by atoms with Crippen LogP contribution in [0.15, 0.2) is 60.7 Å². The molecule has 0 aromatic heterocycles. The van der Waals surface area contributed by atoms with Crippen molar-refractivity contribution in [1.29, 1.82) is 0 Å². The maximum absolute atomic E-state index is 6.57. The zero-order valence-corrected chi connectivity index (χ0v) is 15.8. The SMILES string of the molecule is CCCCCCCCCC(CCl)(c1ccccc1)c1ccccc1. The van der Waals surface area contributed by atoms with Gasteiger partial charge in [0.15, 0.2) is 0 Å². The highest BCUT2D eigenvalue weighted by molar-refractivity contribution is 6.19. The van der Waals surface area contributed by atoms with E-state index in [-0.39, 0.29) is 5.41 Å². The molecular weight excluding hydrogens is 312 g/mol. The van der Waals surface area contributed by atoms with E-state index in [9.17, 15) is 0 Å². The van der Waals surface area contributed by atoms with Crippen LogP contribution < -0.4 is 0 Å². The Labute approximate surface area is 153 Å². The summed E-state index contributed by atoms with van der Waals surface area (Å²) in [4.78, 5) is 0. The number of hydrogen-bond acceptors (Lipinski definition) is 0. The number of alkyl halides is 1. The molecule has 24 heavy (non-hydrogen) atoms. The van der Waals surface area contributed by atoms with Gasteiger partial charge < -0.3 is 0 Å². The van der Waals surface area contributed by atoms with Gasteiger partial charge in [-0.25, -0.2) is 0 Å². The van der Waals surface area contributed by atoms with Crippen LogP contribution in [0, 0.1) is 0 Å². The Morgan fingerprint density at radius 1 is 0.667 bits per heavy atom. The van der Waals surface area contributed by atoms with E-state index in [2.05, 4.69) is 67.6 Å². The summed E-state index contributed by atoms with van der Waals surface area (Å²) in [7, 11) is 0. The van der Waals surface area contributed by atoms with Gasteiger partial charge in [0.2, 0.25) is 0 Å². The van der Waals surface area contributed by atoms with E-state index in [0.717, 1.165) is 6.42 Å². The van der Waals surface area contributed by atoms with Crippen molar-refractivity contribution in [1.82, 2.24) is 0 Å². The molecule has 0 bridgehead atoms. The molecule has 0 N–H and O–H groups in total. The monoisotopic (exact) mass is 342 g/mol. The lowest BCUT2D eigenvalue weighted by atomic mass is 9.72. The second-order valence-corrected chi connectivity index (χ2v) is 7.09. The number of rotatable bonds is 11. The van der Waals surface area contributed by atoms with Gasteiger partial charge in [-0.3, -0.25) is 0 Å². The molecule has 0 atom stereocenters. The first-order chi connectivity index (χ1) is 11.8. The van der Waals surface area contributed by atoms with Crippen LogP contribution in [0.2, 0.25) is 0 Å². The van der Waals surface area contributed by atoms with Gasteiger partial charge in [0, 0.05) is 11.3 Å². The fourth-order valence-electron chi connectivity index (χ4n) is 3.57. The number of hydrogen-bond donors (Lipinski definition) is 0. The summed E-state index contributed by atoms with van der Waals surface area (Å²) in [6, 6.07) is 21.6. The van der Waals surface area contributed by atoms with Crippen LogP contribution in [-0.2, 0) is 5.41 Å². The smallest absolute Gasteiger partial charge is 0.0361 e. The molecule has 0 fully saturated rings. The molecule has 2 rings (SSSR count). The first-order valence-corrected chi connectivity index (χ1v) is 10.0. The second kappa shape index (κ2) is 10.6. The highest BCUT2D eigenvalue weighted by atomic mass is 35.5. The number of halogens is 1. The van der Waals surface area contributed by atoms with E-state index in [0.29, 0.717) is 5.88 Å². The van der Waals surface area contributed by atoms with Crippen molar-refractivity contribution in [2.24, 2.45) is 0 Å². The van der Waals surface area contributed by atoms with Crippen molar-refractivity contribution in [2.75, 3.05) is 5.88 Å². The average molecular weight is 343 g/mol. The van der Waals surface area contributed by atoms with Crippen LogP contribution in [0.4, 0.5) is 0 Å². The zero-order valence-electron chi connectivity index (χ0n) is 15.0. The maximum atomic E-state index is 6.57. The van der Waals surface area contributed by atoms with Crippen LogP contribution >= 0.6 is 11.6 Å². The Bertz CT molecular complexity index is 507.